The maximum atomic E-state index is 12.2. The van der Waals surface area contributed by atoms with Crippen LogP contribution in [-0.4, -0.2) is 36.2 Å². The van der Waals surface area contributed by atoms with Gasteiger partial charge in [0.1, 0.15) is 10.8 Å². The molecule has 8 heteroatoms. The highest BCUT2D eigenvalue weighted by molar-refractivity contribution is 7.09. The van der Waals surface area contributed by atoms with Crippen molar-refractivity contribution in [2.75, 3.05) is 13.7 Å². The second kappa shape index (κ2) is 9.05. The number of hydrogen-bond donors (Lipinski definition) is 0. The van der Waals surface area contributed by atoms with Crippen molar-refractivity contribution in [3.05, 3.63) is 45.4 Å². The Morgan fingerprint density at radius 1 is 1.33 bits per heavy atom. The van der Waals surface area contributed by atoms with Crippen LogP contribution < -0.4 is 4.74 Å². The summed E-state index contributed by atoms with van der Waals surface area (Å²) < 4.78 is 10.2. The number of benzene rings is 1. The molecule has 2 rings (SSSR count). The van der Waals surface area contributed by atoms with Gasteiger partial charge in [-0.3, -0.25) is 14.4 Å². The molecular weight excluding hydrogens is 368 g/mol. The van der Waals surface area contributed by atoms with Crippen molar-refractivity contribution >= 4 is 28.9 Å². The smallest absolute Gasteiger partial charge is 0.310 e. The SMILES string of the molecule is COc1ccc(C(C)=O)cc1CC(=O)OCC(=O)[C@H](C#N)c1nc(C)cs1. The third kappa shape index (κ3) is 5.21. The lowest BCUT2D eigenvalue weighted by Gasteiger charge is -2.10. The summed E-state index contributed by atoms with van der Waals surface area (Å²) >= 11 is 1.21. The van der Waals surface area contributed by atoms with Gasteiger partial charge in [0.05, 0.1) is 19.6 Å². The predicted molar refractivity (Wildman–Crippen MR) is 97.9 cm³/mol. The molecule has 0 N–H and O–H groups in total. The number of aromatic nitrogens is 1. The second-order valence-corrected chi connectivity index (χ2v) is 6.67. The molecule has 1 aromatic heterocycles. The molecule has 0 radical (unpaired) electrons. The lowest BCUT2D eigenvalue weighted by Crippen LogP contribution is -2.20. The van der Waals surface area contributed by atoms with Gasteiger partial charge in [0, 0.05) is 22.2 Å². The molecular formula is C19H18N2O5S. The van der Waals surface area contributed by atoms with Crippen molar-refractivity contribution in [2.45, 2.75) is 26.2 Å². The Balaban J connectivity index is 2.02. The summed E-state index contributed by atoms with van der Waals surface area (Å²) in [4.78, 5) is 40.0. The highest BCUT2D eigenvalue weighted by Crippen LogP contribution is 2.22. The summed E-state index contributed by atoms with van der Waals surface area (Å²) in [6.45, 7) is 2.66. The quantitative estimate of drug-likeness (QED) is 0.507. The summed E-state index contributed by atoms with van der Waals surface area (Å²) in [6, 6.07) is 6.65. The lowest BCUT2D eigenvalue weighted by atomic mass is 10.0. The second-order valence-electron chi connectivity index (χ2n) is 5.78. The van der Waals surface area contributed by atoms with Crippen molar-refractivity contribution < 1.29 is 23.9 Å². The van der Waals surface area contributed by atoms with E-state index in [0.717, 1.165) is 5.69 Å². The average Bonchev–Trinajstić information content (AvgIpc) is 3.06. The molecule has 1 atom stereocenters. The Labute approximate surface area is 160 Å². The number of carbonyl (C=O) groups is 3. The Morgan fingerprint density at radius 3 is 2.63 bits per heavy atom. The number of carbonyl (C=O) groups excluding carboxylic acids is 3. The summed E-state index contributed by atoms with van der Waals surface area (Å²) in [5, 5.41) is 11.3. The zero-order chi connectivity index (χ0) is 20.0. The number of aryl methyl sites for hydroxylation is 1. The molecule has 7 nitrogen and oxygen atoms in total. The molecule has 0 spiro atoms. The fourth-order valence-electron chi connectivity index (χ4n) is 2.35. The van der Waals surface area contributed by atoms with Gasteiger partial charge in [0.15, 0.2) is 24.1 Å². The number of ketones is 2. The van der Waals surface area contributed by atoms with E-state index in [2.05, 4.69) is 4.98 Å². The van der Waals surface area contributed by atoms with Gasteiger partial charge in [0.2, 0.25) is 0 Å². The van der Waals surface area contributed by atoms with Crippen LogP contribution in [0.4, 0.5) is 0 Å². The number of rotatable bonds is 8. The van der Waals surface area contributed by atoms with Crippen molar-refractivity contribution in [1.82, 2.24) is 4.98 Å². The van der Waals surface area contributed by atoms with Gasteiger partial charge in [-0.05, 0) is 32.0 Å². The highest BCUT2D eigenvalue weighted by atomic mass is 32.1. The van der Waals surface area contributed by atoms with Crippen molar-refractivity contribution in [3.8, 4) is 11.8 Å². The van der Waals surface area contributed by atoms with Gasteiger partial charge >= 0.3 is 5.97 Å². The predicted octanol–water partition coefficient (Wildman–Crippen LogP) is 2.62. The summed E-state index contributed by atoms with van der Waals surface area (Å²) in [5.74, 6) is -1.96. The maximum Gasteiger partial charge on any atom is 0.310 e. The van der Waals surface area contributed by atoms with E-state index in [1.165, 1.54) is 25.4 Å². The summed E-state index contributed by atoms with van der Waals surface area (Å²) in [6.07, 6.45) is -0.162. The first-order valence-electron chi connectivity index (χ1n) is 8.03. The molecule has 0 fully saturated rings. The Kier molecular flexibility index (Phi) is 6.79. The molecule has 0 saturated carbocycles. The number of nitriles is 1. The van der Waals surface area contributed by atoms with Crippen LogP contribution in [0.3, 0.4) is 0 Å². The fourth-order valence-corrected chi connectivity index (χ4v) is 3.21. The first-order valence-corrected chi connectivity index (χ1v) is 8.91. The van der Waals surface area contributed by atoms with E-state index >= 15 is 0 Å². The van der Waals surface area contributed by atoms with Crippen LogP contribution in [0.15, 0.2) is 23.6 Å². The largest absolute Gasteiger partial charge is 0.496 e. The number of nitrogens with zero attached hydrogens (tertiary/aromatic N) is 2. The van der Waals surface area contributed by atoms with Gasteiger partial charge in [0.25, 0.3) is 0 Å². The summed E-state index contributed by atoms with van der Waals surface area (Å²) in [5.41, 5.74) is 1.64. The molecule has 0 aliphatic heterocycles. The third-order valence-electron chi connectivity index (χ3n) is 3.73. The van der Waals surface area contributed by atoms with Crippen LogP contribution in [0.5, 0.6) is 5.75 Å². The van der Waals surface area contributed by atoms with Gasteiger partial charge in [-0.2, -0.15) is 5.26 Å². The van der Waals surface area contributed by atoms with Crippen LogP contribution in [0.1, 0.15) is 39.5 Å². The number of hydrogen-bond acceptors (Lipinski definition) is 8. The van der Waals surface area contributed by atoms with Crippen LogP contribution in [0.25, 0.3) is 0 Å². The number of esters is 1. The van der Waals surface area contributed by atoms with Gasteiger partial charge < -0.3 is 9.47 Å². The highest BCUT2D eigenvalue weighted by Gasteiger charge is 2.24. The normalized spacial score (nSPS) is 11.3. The minimum absolute atomic E-state index is 0.141. The fraction of sp³-hybridized carbons (Fsp3) is 0.316. The molecule has 2 aromatic rings. The molecule has 0 bridgehead atoms. The zero-order valence-corrected chi connectivity index (χ0v) is 16.0. The number of Topliss-reactive ketones (excluding diaryl/α,β-unsaturated/α-hetero) is 2. The average molecular weight is 386 g/mol. The van der Waals surface area contributed by atoms with E-state index < -0.39 is 24.3 Å². The van der Waals surface area contributed by atoms with Gasteiger partial charge in [-0.1, -0.05) is 0 Å². The van der Waals surface area contributed by atoms with Crippen LogP contribution in [0, 0.1) is 18.3 Å². The van der Waals surface area contributed by atoms with Crippen molar-refractivity contribution in [3.63, 3.8) is 0 Å². The lowest BCUT2D eigenvalue weighted by molar-refractivity contribution is -0.147. The molecule has 0 aliphatic carbocycles. The molecule has 0 saturated heterocycles. The number of ether oxygens (including phenoxy) is 2. The zero-order valence-electron chi connectivity index (χ0n) is 15.1. The van der Waals surface area contributed by atoms with E-state index in [9.17, 15) is 19.6 Å². The molecule has 0 aliphatic rings. The van der Waals surface area contributed by atoms with E-state index in [1.54, 1.807) is 30.5 Å². The van der Waals surface area contributed by atoms with E-state index in [4.69, 9.17) is 9.47 Å². The molecule has 27 heavy (non-hydrogen) atoms. The topological polar surface area (TPSA) is 106 Å². The van der Waals surface area contributed by atoms with E-state index in [-0.39, 0.29) is 12.2 Å². The van der Waals surface area contributed by atoms with Crippen molar-refractivity contribution in [2.24, 2.45) is 0 Å². The Hall–Kier alpha value is -3.05. The molecule has 1 heterocycles. The monoisotopic (exact) mass is 386 g/mol. The molecule has 140 valence electrons. The Morgan fingerprint density at radius 2 is 2.07 bits per heavy atom. The first kappa shape index (κ1) is 20.3. The minimum atomic E-state index is -1.06. The number of thiazole rings is 1. The van der Waals surface area contributed by atoms with Crippen molar-refractivity contribution in [1.29, 1.82) is 5.26 Å². The van der Waals surface area contributed by atoms with E-state index in [1.807, 2.05) is 6.07 Å². The van der Waals surface area contributed by atoms with Crippen LogP contribution >= 0.6 is 11.3 Å². The van der Waals surface area contributed by atoms with Gasteiger partial charge in [-0.25, -0.2) is 4.98 Å². The molecule has 0 amide bonds. The van der Waals surface area contributed by atoms with E-state index in [0.29, 0.717) is 21.9 Å². The molecule has 1 aromatic carbocycles. The van der Waals surface area contributed by atoms with Crippen LogP contribution in [0.2, 0.25) is 0 Å². The Bertz CT molecular complexity index is 913. The minimum Gasteiger partial charge on any atom is -0.496 e. The third-order valence-corrected chi connectivity index (χ3v) is 4.76. The number of methoxy groups -OCH3 is 1. The summed E-state index contributed by atoms with van der Waals surface area (Å²) in [7, 11) is 1.45. The van der Waals surface area contributed by atoms with Gasteiger partial charge in [-0.15, -0.1) is 11.3 Å². The standard InChI is InChI=1S/C19H18N2O5S/c1-11-10-27-19(21-11)15(8-20)16(23)9-26-18(24)7-14-6-13(12(2)22)4-5-17(14)25-3/h4-6,10,15H,7,9H2,1-3H3/t15-/m0/s1. The maximum absolute atomic E-state index is 12.2. The van der Waals surface area contributed by atoms with Crippen LogP contribution in [-0.2, 0) is 20.7 Å². The molecule has 0 unspecified atom stereocenters. The first-order chi connectivity index (χ1) is 12.8.